The number of carbonyl (C=O) groups excluding carboxylic acids is 2. The minimum Gasteiger partial charge on any atom is -0.394 e. The van der Waals surface area contributed by atoms with Gasteiger partial charge in [0.15, 0.2) is 6.29 Å². The Kier molecular flexibility index (Phi) is 12.3. The fourth-order valence-corrected chi connectivity index (χ4v) is 0.925. The van der Waals surface area contributed by atoms with Crippen LogP contribution in [0, 0.1) is 0 Å². The van der Waals surface area contributed by atoms with Gasteiger partial charge in [-0.15, -0.1) is 0 Å². The number of nitrogens with two attached hydrogens (primary N) is 1. The highest BCUT2D eigenvalue weighted by atomic mass is 32.2. The van der Waals surface area contributed by atoms with E-state index >= 15 is 0 Å². The number of rotatable bonds is 5. The van der Waals surface area contributed by atoms with Crippen molar-refractivity contribution in [1.29, 1.82) is 0 Å². The highest BCUT2D eigenvalue weighted by molar-refractivity contribution is 7.86. The Labute approximate surface area is 150 Å². The molecule has 0 spiro atoms. The van der Waals surface area contributed by atoms with Gasteiger partial charge in [0.25, 0.3) is 0 Å². The molecule has 0 aliphatic rings. The van der Waals surface area contributed by atoms with Crippen LogP contribution in [-0.2, 0) is 14.9 Å². The minimum absolute atomic E-state index is 0.0869. The Bertz CT molecular complexity index is 670. The molecule has 0 saturated carbocycles. The predicted octanol–water partition coefficient (Wildman–Crippen LogP) is -2.17. The van der Waals surface area contributed by atoms with Crippen molar-refractivity contribution >= 4 is 22.3 Å². The van der Waals surface area contributed by atoms with Gasteiger partial charge in [0.1, 0.15) is 18.3 Å². The molecule has 0 fully saturated rings. The monoisotopic (exact) mass is 422 g/mol. The number of carbonyl (C=O) groups is 2. The van der Waals surface area contributed by atoms with E-state index in [1.165, 1.54) is 6.20 Å². The molecule has 0 aromatic carbocycles. The first-order valence-corrected chi connectivity index (χ1v) is 7.97. The molecule has 0 aliphatic heterocycles. The number of hydrogen-bond acceptors (Lipinski definition) is 9. The summed E-state index contributed by atoms with van der Waals surface area (Å²) in [4.78, 5) is 23.9. The van der Waals surface area contributed by atoms with E-state index in [0.29, 0.717) is 5.56 Å². The highest BCUT2D eigenvalue weighted by Crippen LogP contribution is 2.20. The van der Waals surface area contributed by atoms with Crippen LogP contribution < -0.4 is 5.73 Å². The first-order valence-electron chi connectivity index (χ1n) is 6.52. The van der Waals surface area contributed by atoms with Gasteiger partial charge in [0, 0.05) is 12.4 Å². The van der Waals surface area contributed by atoms with E-state index in [4.69, 9.17) is 39.1 Å². The summed E-state index contributed by atoms with van der Waals surface area (Å²) in [6, 6.07) is 3.29. The van der Waals surface area contributed by atoms with Gasteiger partial charge >= 0.3 is 15.6 Å². The van der Waals surface area contributed by atoms with Crippen LogP contribution >= 0.6 is 0 Å². The lowest BCUT2D eigenvalue weighted by Crippen LogP contribution is -2.40. The van der Waals surface area contributed by atoms with Crippen molar-refractivity contribution in [2.24, 2.45) is 5.73 Å². The standard InChI is InChI=1S/C6H6N2O.C5H10O5.CHF3O3S/c7-6(9)5-2-1-3-8-4-5;6-1-3(8)5(10)4(9)2-7;2-1(3,4)8(5,6)7/h1-4H,(H2,7,9);1,3-5,7-10H,2H2;(H,5,6,7). The largest absolute Gasteiger partial charge is 0.522 e. The van der Waals surface area contributed by atoms with Crippen molar-refractivity contribution in [3.63, 3.8) is 0 Å². The van der Waals surface area contributed by atoms with Gasteiger partial charge in [-0.1, -0.05) is 0 Å². The topological polar surface area (TPSA) is 208 Å². The van der Waals surface area contributed by atoms with Gasteiger partial charge in [-0.05, 0) is 12.1 Å². The maximum absolute atomic E-state index is 10.7. The van der Waals surface area contributed by atoms with Crippen LogP contribution in [0.5, 0.6) is 0 Å². The fourth-order valence-electron chi connectivity index (χ4n) is 0.925. The molecule has 7 N–H and O–H groups in total. The first-order chi connectivity index (χ1) is 12.2. The van der Waals surface area contributed by atoms with Crippen molar-refractivity contribution in [3.8, 4) is 0 Å². The zero-order chi connectivity index (χ0) is 21.8. The third kappa shape index (κ3) is 11.9. The average Bonchev–Trinajstić information content (AvgIpc) is 2.59. The molecule has 1 aromatic rings. The molecule has 3 atom stereocenters. The number of aldehydes is 1. The summed E-state index contributed by atoms with van der Waals surface area (Å²) in [6.45, 7) is -0.688. The molecule has 11 nitrogen and oxygen atoms in total. The molecule has 27 heavy (non-hydrogen) atoms. The number of aliphatic hydroxyl groups excluding tert-OH is 4. The first kappa shape index (κ1) is 27.1. The number of amides is 1. The molecule has 0 saturated heterocycles. The van der Waals surface area contributed by atoms with E-state index in [1.807, 2.05) is 0 Å². The van der Waals surface area contributed by atoms with Gasteiger partial charge < -0.3 is 31.0 Å². The number of pyridine rings is 1. The summed E-state index contributed by atoms with van der Waals surface area (Å²) in [5.41, 5.74) is -0.158. The van der Waals surface area contributed by atoms with E-state index in [0.717, 1.165) is 0 Å². The maximum Gasteiger partial charge on any atom is 0.522 e. The van der Waals surface area contributed by atoms with Crippen LogP contribution in [0.3, 0.4) is 0 Å². The Morgan fingerprint density at radius 1 is 1.30 bits per heavy atom. The molecule has 1 rings (SSSR count). The second-order valence-corrected chi connectivity index (χ2v) is 5.81. The molecular weight excluding hydrogens is 405 g/mol. The molecule has 1 heterocycles. The molecule has 0 aliphatic carbocycles. The summed E-state index contributed by atoms with van der Waals surface area (Å²) in [5, 5.41) is 34.1. The van der Waals surface area contributed by atoms with Crippen molar-refractivity contribution < 1.29 is 56.2 Å². The Morgan fingerprint density at radius 2 is 1.78 bits per heavy atom. The number of aromatic nitrogens is 1. The summed E-state index contributed by atoms with van der Waals surface area (Å²) in [6.07, 6.45) is -1.61. The quantitative estimate of drug-likeness (QED) is 0.172. The molecule has 156 valence electrons. The minimum atomic E-state index is -5.84. The van der Waals surface area contributed by atoms with Gasteiger partial charge in [0.05, 0.1) is 12.2 Å². The van der Waals surface area contributed by atoms with Crippen LogP contribution in [0.1, 0.15) is 10.4 Å². The van der Waals surface area contributed by atoms with Crippen LogP contribution in [-0.4, -0.2) is 81.0 Å². The van der Waals surface area contributed by atoms with Gasteiger partial charge in [-0.25, -0.2) is 0 Å². The maximum atomic E-state index is 10.7. The van der Waals surface area contributed by atoms with Crippen molar-refractivity contribution in [1.82, 2.24) is 4.98 Å². The molecule has 1 aromatic heterocycles. The number of nitrogens with zero attached hydrogens (tertiary/aromatic N) is 1. The van der Waals surface area contributed by atoms with E-state index < -0.39 is 46.5 Å². The lowest BCUT2D eigenvalue weighted by Gasteiger charge is -2.16. The molecule has 3 unspecified atom stereocenters. The summed E-state index contributed by atoms with van der Waals surface area (Å²) in [5.74, 6) is -0.442. The lowest BCUT2D eigenvalue weighted by atomic mass is 10.1. The van der Waals surface area contributed by atoms with E-state index in [2.05, 4.69) is 4.98 Å². The van der Waals surface area contributed by atoms with Crippen LogP contribution in [0.15, 0.2) is 24.5 Å². The predicted molar refractivity (Wildman–Crippen MR) is 81.5 cm³/mol. The van der Waals surface area contributed by atoms with Gasteiger partial charge in [0.2, 0.25) is 5.91 Å². The molecule has 1 amide bonds. The summed E-state index contributed by atoms with van der Waals surface area (Å²) >= 11 is 0. The zero-order valence-corrected chi connectivity index (χ0v) is 14.1. The highest BCUT2D eigenvalue weighted by Gasteiger charge is 2.44. The smallest absolute Gasteiger partial charge is 0.394 e. The zero-order valence-electron chi connectivity index (χ0n) is 13.3. The number of primary amides is 1. The third-order valence-electron chi connectivity index (χ3n) is 2.31. The third-order valence-corrected chi connectivity index (χ3v) is 2.89. The average molecular weight is 422 g/mol. The lowest BCUT2D eigenvalue weighted by molar-refractivity contribution is -0.127. The SMILES string of the molecule is NC(=O)c1cccnc1.O=CC(O)C(O)C(O)CO.O=S(=O)(O)C(F)(F)F. The van der Waals surface area contributed by atoms with E-state index in [1.54, 1.807) is 18.3 Å². The molecule has 0 radical (unpaired) electrons. The van der Waals surface area contributed by atoms with E-state index in [9.17, 15) is 22.8 Å². The number of halogens is 3. The van der Waals surface area contributed by atoms with E-state index in [-0.39, 0.29) is 6.29 Å². The van der Waals surface area contributed by atoms with Crippen molar-refractivity contribution in [2.45, 2.75) is 23.8 Å². The van der Waals surface area contributed by atoms with Gasteiger partial charge in [-0.2, -0.15) is 21.6 Å². The Balaban J connectivity index is 0. The second-order valence-electron chi connectivity index (χ2n) is 4.39. The second kappa shape index (κ2) is 12.3. The number of alkyl halides is 3. The Morgan fingerprint density at radius 3 is 2.00 bits per heavy atom. The van der Waals surface area contributed by atoms with Crippen LogP contribution in [0.2, 0.25) is 0 Å². The van der Waals surface area contributed by atoms with Gasteiger partial charge in [-0.3, -0.25) is 14.3 Å². The van der Waals surface area contributed by atoms with Crippen molar-refractivity contribution in [3.05, 3.63) is 30.1 Å². The normalized spacial score (nSPS) is 14.4. The summed E-state index contributed by atoms with van der Waals surface area (Å²) < 4.78 is 57.5. The molecule has 15 heteroatoms. The molecule has 0 bridgehead atoms. The van der Waals surface area contributed by atoms with Crippen LogP contribution in [0.25, 0.3) is 0 Å². The Hall–Kier alpha value is -2.17. The van der Waals surface area contributed by atoms with Crippen LogP contribution in [0.4, 0.5) is 13.2 Å². The van der Waals surface area contributed by atoms with Crippen molar-refractivity contribution in [2.75, 3.05) is 6.61 Å². The fraction of sp³-hybridized carbons (Fsp3) is 0.417. The molecular formula is C12H17F3N2O9S. The number of aliphatic hydroxyl groups is 4. The summed E-state index contributed by atoms with van der Waals surface area (Å²) in [7, 11) is -5.84. The number of hydrogen-bond donors (Lipinski definition) is 6.